The number of pyridine rings is 2. The second-order valence-corrected chi connectivity index (χ2v) is 7.42. The van der Waals surface area contributed by atoms with Gasteiger partial charge < -0.3 is 4.74 Å². The average Bonchev–Trinajstić information content (AvgIpc) is 2.79. The molecule has 0 unspecified atom stereocenters. The Morgan fingerprint density at radius 1 is 0.690 bits per heavy atom. The van der Waals surface area contributed by atoms with Crippen molar-refractivity contribution in [3.63, 3.8) is 0 Å². The fourth-order valence-corrected chi connectivity index (χ4v) is 3.99. The third-order valence-electron chi connectivity index (χ3n) is 5.29. The van der Waals surface area contributed by atoms with E-state index in [4.69, 9.17) is 16.3 Å². The number of rotatable bonds is 3. The van der Waals surface area contributed by atoms with Gasteiger partial charge in [-0.3, -0.25) is 0 Å². The van der Waals surface area contributed by atoms with Crippen LogP contribution in [0.5, 0.6) is 5.75 Å². The van der Waals surface area contributed by atoms with Gasteiger partial charge in [-0.05, 0) is 66.0 Å². The minimum absolute atomic E-state index is 0.735. The van der Waals surface area contributed by atoms with Crippen LogP contribution in [0.25, 0.3) is 38.8 Å². The molecule has 0 aliphatic carbocycles. The van der Waals surface area contributed by atoms with Crippen LogP contribution in [0.15, 0.2) is 97.1 Å². The zero-order valence-corrected chi connectivity index (χ0v) is 16.7. The van der Waals surface area contributed by atoms with Crippen molar-refractivity contribution in [2.75, 3.05) is 7.11 Å². The van der Waals surface area contributed by atoms with Crippen molar-refractivity contribution >= 4 is 27.9 Å². The Morgan fingerprint density at radius 2 is 1.38 bits per heavy atom. The topological polar surface area (TPSA) is 13.3 Å². The SMILES string of the molecule is COc1ccc(-c2cccc3c4ccccc4cc(-c4ccc(Cl)cc4)[n+]23)cc1. The van der Waals surface area contributed by atoms with Gasteiger partial charge in [-0.1, -0.05) is 29.8 Å². The predicted octanol–water partition coefficient (Wildman–Crippen LogP) is 6.57. The molecule has 2 aromatic heterocycles. The van der Waals surface area contributed by atoms with Crippen LogP contribution in [0.4, 0.5) is 0 Å². The fraction of sp³-hybridized carbons (Fsp3) is 0.0385. The van der Waals surface area contributed by atoms with Crippen LogP contribution in [-0.4, -0.2) is 7.11 Å². The Morgan fingerprint density at radius 3 is 2.14 bits per heavy atom. The number of halogens is 1. The molecule has 3 aromatic carbocycles. The van der Waals surface area contributed by atoms with Crippen LogP contribution < -0.4 is 9.14 Å². The number of ether oxygens (including phenoxy) is 1. The third kappa shape index (κ3) is 3.12. The molecular weight excluding hydrogens is 378 g/mol. The van der Waals surface area contributed by atoms with Gasteiger partial charge in [0.2, 0.25) is 16.9 Å². The summed E-state index contributed by atoms with van der Waals surface area (Å²) in [4.78, 5) is 0. The van der Waals surface area contributed by atoms with Crippen LogP contribution >= 0.6 is 11.6 Å². The first-order chi connectivity index (χ1) is 14.2. The van der Waals surface area contributed by atoms with Crippen LogP contribution in [-0.2, 0) is 0 Å². The van der Waals surface area contributed by atoms with Gasteiger partial charge in [0.15, 0.2) is 0 Å². The number of fused-ring (bicyclic) bond motifs is 3. The van der Waals surface area contributed by atoms with Gasteiger partial charge >= 0.3 is 0 Å². The Hall–Kier alpha value is -3.36. The van der Waals surface area contributed by atoms with Gasteiger partial charge in [0.1, 0.15) is 5.75 Å². The number of methoxy groups -OCH3 is 1. The molecule has 0 saturated carbocycles. The molecule has 0 N–H and O–H groups in total. The summed E-state index contributed by atoms with van der Waals surface area (Å²) < 4.78 is 7.66. The molecule has 0 aliphatic heterocycles. The maximum atomic E-state index is 6.15. The van der Waals surface area contributed by atoms with E-state index in [1.54, 1.807) is 7.11 Å². The Labute approximate surface area is 174 Å². The first-order valence-electron chi connectivity index (χ1n) is 9.51. The minimum atomic E-state index is 0.735. The zero-order valence-electron chi connectivity index (χ0n) is 16.0. The average molecular weight is 397 g/mol. The summed E-state index contributed by atoms with van der Waals surface area (Å²) in [6.07, 6.45) is 0. The van der Waals surface area contributed by atoms with Crippen molar-refractivity contribution in [1.82, 2.24) is 0 Å². The Kier molecular flexibility index (Phi) is 4.42. The standard InChI is InChI=1S/C26H19ClNO/c1-29-22-15-11-18(12-16-22)24-7-4-8-25-23-6-3-2-5-20(23)17-26(28(24)25)19-9-13-21(27)14-10-19/h2-17H,1H3/q+1. The molecule has 0 bridgehead atoms. The minimum Gasteiger partial charge on any atom is -0.497 e. The van der Waals surface area contributed by atoms with Crippen molar-refractivity contribution in [3.05, 3.63) is 102 Å². The van der Waals surface area contributed by atoms with Crippen LogP contribution in [0.1, 0.15) is 0 Å². The number of hydrogen-bond acceptors (Lipinski definition) is 1. The van der Waals surface area contributed by atoms with E-state index in [2.05, 4.69) is 77.2 Å². The summed E-state index contributed by atoms with van der Waals surface area (Å²) in [5, 5.41) is 3.17. The number of benzene rings is 3. The number of aromatic nitrogens is 1. The summed E-state index contributed by atoms with van der Waals surface area (Å²) >= 11 is 6.15. The lowest BCUT2D eigenvalue weighted by atomic mass is 10.0. The maximum Gasteiger partial charge on any atom is 0.219 e. The summed E-state index contributed by atoms with van der Waals surface area (Å²) in [6.45, 7) is 0. The van der Waals surface area contributed by atoms with Crippen molar-refractivity contribution in [2.24, 2.45) is 0 Å². The fourth-order valence-electron chi connectivity index (χ4n) is 3.87. The molecule has 0 radical (unpaired) electrons. The monoisotopic (exact) mass is 396 g/mol. The highest BCUT2D eigenvalue weighted by molar-refractivity contribution is 6.30. The van der Waals surface area contributed by atoms with Crippen molar-refractivity contribution in [3.8, 4) is 28.3 Å². The molecule has 0 spiro atoms. The van der Waals surface area contributed by atoms with E-state index in [1.165, 1.54) is 16.3 Å². The first-order valence-corrected chi connectivity index (χ1v) is 9.89. The van der Waals surface area contributed by atoms with Gasteiger partial charge in [-0.2, -0.15) is 4.40 Å². The van der Waals surface area contributed by atoms with Crippen molar-refractivity contribution in [2.45, 2.75) is 0 Å². The molecule has 0 amide bonds. The zero-order chi connectivity index (χ0) is 19.8. The highest BCUT2D eigenvalue weighted by atomic mass is 35.5. The van der Waals surface area contributed by atoms with Crippen LogP contribution in [0.3, 0.4) is 0 Å². The van der Waals surface area contributed by atoms with Gasteiger partial charge in [0.25, 0.3) is 0 Å². The van der Waals surface area contributed by atoms with Gasteiger partial charge in [0, 0.05) is 34.3 Å². The van der Waals surface area contributed by atoms with E-state index >= 15 is 0 Å². The summed E-state index contributed by atoms with van der Waals surface area (Å²) in [5.74, 6) is 0.849. The largest absolute Gasteiger partial charge is 0.497 e. The van der Waals surface area contributed by atoms with E-state index in [1.807, 2.05) is 24.3 Å². The van der Waals surface area contributed by atoms with Crippen LogP contribution in [0.2, 0.25) is 5.02 Å². The lowest BCUT2D eigenvalue weighted by molar-refractivity contribution is -0.485. The van der Waals surface area contributed by atoms with Gasteiger partial charge in [0.05, 0.1) is 12.5 Å². The summed E-state index contributed by atoms with van der Waals surface area (Å²) in [5.41, 5.74) is 5.67. The first kappa shape index (κ1) is 17.7. The quantitative estimate of drug-likeness (QED) is 0.248. The highest BCUT2D eigenvalue weighted by Gasteiger charge is 2.21. The molecule has 2 heterocycles. The van der Waals surface area contributed by atoms with Crippen LogP contribution in [0, 0.1) is 0 Å². The molecule has 5 aromatic rings. The molecule has 0 saturated heterocycles. The summed E-state index contributed by atoms with van der Waals surface area (Å²) in [6, 6.07) is 33.4. The van der Waals surface area contributed by atoms with Gasteiger partial charge in [-0.25, -0.2) is 0 Å². The van der Waals surface area contributed by atoms with Gasteiger partial charge in [-0.15, -0.1) is 0 Å². The normalized spacial score (nSPS) is 11.1. The Balaban J connectivity index is 1.88. The van der Waals surface area contributed by atoms with E-state index in [-0.39, 0.29) is 0 Å². The number of nitrogens with zero attached hydrogens (tertiary/aromatic N) is 1. The highest BCUT2D eigenvalue weighted by Crippen LogP contribution is 2.28. The predicted molar refractivity (Wildman–Crippen MR) is 120 cm³/mol. The smallest absolute Gasteiger partial charge is 0.219 e. The molecular formula is C26H19ClNO+. The maximum absolute atomic E-state index is 6.15. The molecule has 0 atom stereocenters. The lowest BCUT2D eigenvalue weighted by Gasteiger charge is -2.09. The second-order valence-electron chi connectivity index (χ2n) is 6.98. The van der Waals surface area contributed by atoms with Crippen molar-refractivity contribution < 1.29 is 9.14 Å². The molecule has 29 heavy (non-hydrogen) atoms. The van der Waals surface area contributed by atoms with E-state index in [0.29, 0.717) is 0 Å². The van der Waals surface area contributed by atoms with E-state index < -0.39 is 0 Å². The lowest BCUT2D eigenvalue weighted by Crippen LogP contribution is -2.28. The molecule has 0 aliphatic rings. The number of hydrogen-bond donors (Lipinski definition) is 0. The molecule has 140 valence electrons. The molecule has 3 heteroatoms. The van der Waals surface area contributed by atoms with E-state index in [0.717, 1.165) is 33.3 Å². The molecule has 0 fully saturated rings. The Bertz CT molecular complexity index is 1330. The van der Waals surface area contributed by atoms with E-state index in [9.17, 15) is 0 Å². The molecule has 2 nitrogen and oxygen atoms in total. The summed E-state index contributed by atoms with van der Waals surface area (Å²) in [7, 11) is 1.69. The molecule has 5 rings (SSSR count). The third-order valence-corrected chi connectivity index (χ3v) is 5.54. The van der Waals surface area contributed by atoms with Crippen molar-refractivity contribution in [1.29, 1.82) is 0 Å². The second kappa shape index (κ2) is 7.23.